The standard InChI is InChI=1S/C12H18N6O2S/c1-2-13-9-11-3-4-12(14-10-11)21(19,20)16-6-8-18-7-5-15-17-18/h3-5,7,10,13,16H,2,6,8-9H2,1H3. The largest absolute Gasteiger partial charge is 0.313 e. The van der Waals surface area contributed by atoms with E-state index in [0.717, 1.165) is 12.1 Å². The summed E-state index contributed by atoms with van der Waals surface area (Å²) in [7, 11) is -3.59. The lowest BCUT2D eigenvalue weighted by molar-refractivity contribution is 0.550. The van der Waals surface area contributed by atoms with Crippen LogP contribution < -0.4 is 10.0 Å². The van der Waals surface area contributed by atoms with Gasteiger partial charge in [0.1, 0.15) is 0 Å². The maximum absolute atomic E-state index is 12.1. The Balaban J connectivity index is 1.92. The molecule has 2 aromatic heterocycles. The first-order chi connectivity index (χ1) is 10.1. The molecule has 0 saturated carbocycles. The normalized spacial score (nSPS) is 11.7. The van der Waals surface area contributed by atoms with Crippen molar-refractivity contribution in [2.24, 2.45) is 0 Å². The minimum absolute atomic E-state index is 0.0151. The zero-order valence-corrected chi connectivity index (χ0v) is 12.5. The van der Waals surface area contributed by atoms with E-state index in [1.54, 1.807) is 29.3 Å². The third kappa shape index (κ3) is 4.59. The van der Waals surface area contributed by atoms with E-state index in [2.05, 4.69) is 25.3 Å². The molecule has 0 fully saturated rings. The zero-order chi connectivity index (χ0) is 15.1. The van der Waals surface area contributed by atoms with E-state index in [9.17, 15) is 8.42 Å². The van der Waals surface area contributed by atoms with Gasteiger partial charge in [0.25, 0.3) is 10.0 Å². The second-order valence-electron chi connectivity index (χ2n) is 4.35. The van der Waals surface area contributed by atoms with Crippen LogP contribution in [-0.4, -0.2) is 41.5 Å². The van der Waals surface area contributed by atoms with Crippen molar-refractivity contribution < 1.29 is 8.42 Å². The van der Waals surface area contributed by atoms with Gasteiger partial charge < -0.3 is 5.32 Å². The van der Waals surface area contributed by atoms with Gasteiger partial charge in [-0.05, 0) is 18.2 Å². The van der Waals surface area contributed by atoms with Crippen LogP contribution in [0.15, 0.2) is 35.7 Å². The highest BCUT2D eigenvalue weighted by Crippen LogP contribution is 2.06. The van der Waals surface area contributed by atoms with Crippen LogP contribution in [0.1, 0.15) is 12.5 Å². The molecule has 0 unspecified atom stereocenters. The molecule has 2 N–H and O–H groups in total. The van der Waals surface area contributed by atoms with E-state index in [0.29, 0.717) is 13.1 Å². The summed E-state index contributed by atoms with van der Waals surface area (Å²) in [6.45, 7) is 4.17. The summed E-state index contributed by atoms with van der Waals surface area (Å²) in [6, 6.07) is 3.26. The monoisotopic (exact) mass is 310 g/mol. The summed E-state index contributed by atoms with van der Waals surface area (Å²) in [6.07, 6.45) is 4.77. The Hall–Kier alpha value is -1.84. The molecule has 114 valence electrons. The van der Waals surface area contributed by atoms with Crippen molar-refractivity contribution in [1.29, 1.82) is 0 Å². The molecule has 2 rings (SSSR count). The highest BCUT2D eigenvalue weighted by Gasteiger charge is 2.14. The van der Waals surface area contributed by atoms with Crippen molar-refractivity contribution >= 4 is 10.0 Å². The van der Waals surface area contributed by atoms with Crippen molar-refractivity contribution in [3.05, 3.63) is 36.3 Å². The Labute approximate surface area is 123 Å². The number of rotatable bonds is 8. The molecule has 0 radical (unpaired) electrons. The van der Waals surface area contributed by atoms with Crippen molar-refractivity contribution in [2.75, 3.05) is 13.1 Å². The molecule has 2 aromatic rings. The molecule has 0 amide bonds. The number of hydrogen-bond donors (Lipinski definition) is 2. The third-order valence-electron chi connectivity index (χ3n) is 2.76. The van der Waals surface area contributed by atoms with Crippen molar-refractivity contribution in [3.8, 4) is 0 Å². The average Bonchev–Trinajstić information content (AvgIpc) is 2.98. The van der Waals surface area contributed by atoms with Gasteiger partial charge in [-0.3, -0.25) is 4.68 Å². The number of pyridine rings is 1. The zero-order valence-electron chi connectivity index (χ0n) is 11.7. The molecule has 0 atom stereocenters. The Morgan fingerprint density at radius 1 is 1.33 bits per heavy atom. The van der Waals surface area contributed by atoms with E-state index in [1.807, 2.05) is 6.92 Å². The lowest BCUT2D eigenvalue weighted by Crippen LogP contribution is -2.28. The Kier molecular flexibility index (Phi) is 5.37. The lowest BCUT2D eigenvalue weighted by atomic mass is 10.3. The Bertz CT molecular complexity index is 639. The number of hydrogen-bond acceptors (Lipinski definition) is 6. The van der Waals surface area contributed by atoms with Gasteiger partial charge in [0.05, 0.1) is 12.7 Å². The Morgan fingerprint density at radius 3 is 2.81 bits per heavy atom. The molecule has 0 spiro atoms. The van der Waals surface area contributed by atoms with Gasteiger partial charge in [-0.25, -0.2) is 18.1 Å². The van der Waals surface area contributed by atoms with E-state index in [-0.39, 0.29) is 11.6 Å². The molecule has 0 aromatic carbocycles. The minimum Gasteiger partial charge on any atom is -0.313 e. The molecular weight excluding hydrogens is 292 g/mol. The van der Waals surface area contributed by atoms with Crippen LogP contribution in [0, 0.1) is 0 Å². The van der Waals surface area contributed by atoms with E-state index in [1.165, 1.54) is 6.07 Å². The summed E-state index contributed by atoms with van der Waals surface area (Å²) in [5.74, 6) is 0. The van der Waals surface area contributed by atoms with Crippen LogP contribution in [0.2, 0.25) is 0 Å². The Morgan fingerprint density at radius 2 is 2.19 bits per heavy atom. The number of nitrogens with one attached hydrogen (secondary N) is 2. The van der Waals surface area contributed by atoms with Gasteiger partial charge in [-0.15, -0.1) is 5.10 Å². The first-order valence-electron chi connectivity index (χ1n) is 6.61. The lowest BCUT2D eigenvalue weighted by Gasteiger charge is -2.07. The van der Waals surface area contributed by atoms with Crippen LogP contribution >= 0.6 is 0 Å². The van der Waals surface area contributed by atoms with Crippen LogP contribution in [-0.2, 0) is 23.1 Å². The van der Waals surface area contributed by atoms with E-state index < -0.39 is 10.0 Å². The number of aromatic nitrogens is 4. The fraction of sp³-hybridized carbons (Fsp3) is 0.417. The highest BCUT2D eigenvalue weighted by molar-refractivity contribution is 7.89. The van der Waals surface area contributed by atoms with Gasteiger partial charge in [0.15, 0.2) is 5.03 Å². The van der Waals surface area contributed by atoms with Gasteiger partial charge in [0, 0.05) is 25.5 Å². The molecule has 0 bridgehead atoms. The van der Waals surface area contributed by atoms with Gasteiger partial charge in [0.2, 0.25) is 0 Å². The SMILES string of the molecule is CCNCc1ccc(S(=O)(=O)NCCn2ccnn2)nc1. The van der Waals surface area contributed by atoms with E-state index >= 15 is 0 Å². The van der Waals surface area contributed by atoms with Crippen LogP contribution in [0.5, 0.6) is 0 Å². The summed E-state index contributed by atoms with van der Waals surface area (Å²) in [4.78, 5) is 3.99. The molecule has 8 nitrogen and oxygen atoms in total. The second-order valence-corrected chi connectivity index (χ2v) is 6.06. The quantitative estimate of drug-likeness (QED) is 0.698. The van der Waals surface area contributed by atoms with Crippen LogP contribution in [0.25, 0.3) is 0 Å². The molecular formula is C12H18N6O2S. The summed E-state index contributed by atoms with van der Waals surface area (Å²) >= 11 is 0. The van der Waals surface area contributed by atoms with Gasteiger partial charge in [-0.2, -0.15) is 0 Å². The molecule has 0 aliphatic carbocycles. The minimum atomic E-state index is -3.59. The topological polar surface area (TPSA) is 102 Å². The fourth-order valence-electron chi connectivity index (χ4n) is 1.66. The molecule has 2 heterocycles. The molecule has 0 aliphatic rings. The predicted octanol–water partition coefficient (Wildman–Crippen LogP) is -0.239. The molecule has 0 aliphatic heterocycles. The van der Waals surface area contributed by atoms with Crippen LogP contribution in [0.4, 0.5) is 0 Å². The predicted molar refractivity (Wildman–Crippen MR) is 76.8 cm³/mol. The number of nitrogens with zero attached hydrogens (tertiary/aromatic N) is 4. The summed E-state index contributed by atoms with van der Waals surface area (Å²) in [5, 5.41) is 10.6. The average molecular weight is 310 g/mol. The van der Waals surface area contributed by atoms with Gasteiger partial charge >= 0.3 is 0 Å². The maximum atomic E-state index is 12.1. The summed E-state index contributed by atoms with van der Waals surface area (Å²) in [5.41, 5.74) is 0.943. The maximum Gasteiger partial charge on any atom is 0.258 e. The fourth-order valence-corrected chi connectivity index (χ4v) is 2.61. The summed E-state index contributed by atoms with van der Waals surface area (Å²) < 4.78 is 28.1. The molecule has 9 heteroatoms. The van der Waals surface area contributed by atoms with Crippen LogP contribution in [0.3, 0.4) is 0 Å². The molecule has 0 saturated heterocycles. The third-order valence-corrected chi connectivity index (χ3v) is 4.13. The number of sulfonamides is 1. The first-order valence-corrected chi connectivity index (χ1v) is 8.09. The van der Waals surface area contributed by atoms with Crippen molar-refractivity contribution in [3.63, 3.8) is 0 Å². The van der Waals surface area contributed by atoms with E-state index in [4.69, 9.17) is 0 Å². The molecule has 21 heavy (non-hydrogen) atoms. The smallest absolute Gasteiger partial charge is 0.258 e. The first kappa shape index (κ1) is 15.5. The highest BCUT2D eigenvalue weighted by atomic mass is 32.2. The van der Waals surface area contributed by atoms with Gasteiger partial charge in [-0.1, -0.05) is 18.2 Å². The van der Waals surface area contributed by atoms with Crippen molar-refractivity contribution in [2.45, 2.75) is 25.0 Å². The van der Waals surface area contributed by atoms with Crippen molar-refractivity contribution in [1.82, 2.24) is 30.0 Å². The second kappa shape index (κ2) is 7.25.